The van der Waals surface area contributed by atoms with Gasteiger partial charge in [0.25, 0.3) is 0 Å². The SMILES string of the molecule is C=CCOC(=O)NCCNCCC(=O)NCCSC(c1ccccc1)(c1ccccc1)c1ccccc1. The van der Waals surface area contributed by atoms with Crippen molar-refractivity contribution in [3.8, 4) is 0 Å². The fourth-order valence-corrected chi connectivity index (χ4v) is 5.44. The van der Waals surface area contributed by atoms with Crippen molar-refractivity contribution < 1.29 is 14.3 Å². The molecule has 194 valence electrons. The van der Waals surface area contributed by atoms with E-state index in [1.807, 2.05) is 30.0 Å². The average molecular weight is 518 g/mol. The molecule has 0 spiro atoms. The highest BCUT2D eigenvalue weighted by atomic mass is 32.2. The second-order valence-electron chi connectivity index (χ2n) is 8.29. The summed E-state index contributed by atoms with van der Waals surface area (Å²) in [5.74, 6) is 0.741. The molecule has 0 unspecified atom stereocenters. The molecule has 0 saturated heterocycles. The lowest BCUT2D eigenvalue weighted by Gasteiger charge is -2.35. The van der Waals surface area contributed by atoms with Gasteiger partial charge in [-0.25, -0.2) is 4.79 Å². The van der Waals surface area contributed by atoms with E-state index in [9.17, 15) is 9.59 Å². The Balaban J connectivity index is 1.53. The second-order valence-corrected chi connectivity index (χ2v) is 9.60. The highest BCUT2D eigenvalue weighted by Gasteiger charge is 2.36. The minimum Gasteiger partial charge on any atom is -0.445 e. The van der Waals surface area contributed by atoms with Crippen LogP contribution in [0.5, 0.6) is 0 Å². The van der Waals surface area contributed by atoms with Crippen LogP contribution in [0, 0.1) is 0 Å². The topological polar surface area (TPSA) is 79.5 Å². The van der Waals surface area contributed by atoms with Gasteiger partial charge in [0.2, 0.25) is 5.91 Å². The summed E-state index contributed by atoms with van der Waals surface area (Å²) in [4.78, 5) is 23.7. The monoisotopic (exact) mass is 517 g/mol. The van der Waals surface area contributed by atoms with Gasteiger partial charge in [0.15, 0.2) is 0 Å². The lowest BCUT2D eigenvalue weighted by molar-refractivity contribution is -0.120. The minimum atomic E-state index is -0.477. The number of rotatable bonds is 15. The summed E-state index contributed by atoms with van der Waals surface area (Å²) in [6.07, 6.45) is 1.40. The Morgan fingerprint density at radius 1 is 0.757 bits per heavy atom. The quantitative estimate of drug-likeness (QED) is 0.154. The number of benzene rings is 3. The first-order valence-electron chi connectivity index (χ1n) is 12.5. The summed E-state index contributed by atoms with van der Waals surface area (Å²) >= 11 is 1.82. The van der Waals surface area contributed by atoms with Crippen LogP contribution >= 0.6 is 11.8 Å². The third-order valence-electron chi connectivity index (χ3n) is 5.72. The van der Waals surface area contributed by atoms with Crippen molar-refractivity contribution in [1.82, 2.24) is 16.0 Å². The first-order valence-corrected chi connectivity index (χ1v) is 13.4. The van der Waals surface area contributed by atoms with Gasteiger partial charge in [-0.15, -0.1) is 11.8 Å². The van der Waals surface area contributed by atoms with Crippen LogP contribution < -0.4 is 16.0 Å². The van der Waals surface area contributed by atoms with E-state index in [0.29, 0.717) is 32.6 Å². The molecule has 3 N–H and O–H groups in total. The molecular formula is C30H35N3O3S. The molecule has 0 heterocycles. The number of hydrogen-bond donors (Lipinski definition) is 3. The molecule has 0 aliphatic rings. The van der Waals surface area contributed by atoms with Gasteiger partial charge in [0.05, 0.1) is 4.75 Å². The Bertz CT molecular complexity index is 998. The van der Waals surface area contributed by atoms with Crippen LogP contribution in [0.15, 0.2) is 104 Å². The molecule has 3 aromatic rings. The second kappa shape index (κ2) is 15.5. The van der Waals surface area contributed by atoms with Crippen LogP contribution in [0.2, 0.25) is 0 Å². The summed E-state index contributed by atoms with van der Waals surface area (Å²) in [6.45, 7) is 5.75. The van der Waals surface area contributed by atoms with Gasteiger partial charge in [-0.3, -0.25) is 4.79 Å². The Hall–Kier alpha value is -3.55. The number of alkyl carbamates (subject to hydrolysis) is 1. The molecule has 7 heteroatoms. The van der Waals surface area contributed by atoms with E-state index in [0.717, 1.165) is 5.75 Å². The van der Waals surface area contributed by atoms with E-state index in [-0.39, 0.29) is 12.5 Å². The highest BCUT2D eigenvalue weighted by molar-refractivity contribution is 8.00. The lowest BCUT2D eigenvalue weighted by Crippen LogP contribution is -2.35. The van der Waals surface area contributed by atoms with Crippen molar-refractivity contribution in [3.05, 3.63) is 120 Å². The maximum Gasteiger partial charge on any atom is 0.407 e. The molecule has 0 saturated carbocycles. The van der Waals surface area contributed by atoms with Gasteiger partial charge in [-0.1, -0.05) is 104 Å². The molecule has 0 bridgehead atoms. The van der Waals surface area contributed by atoms with Crippen LogP contribution in [0.1, 0.15) is 23.1 Å². The van der Waals surface area contributed by atoms with E-state index >= 15 is 0 Å². The Morgan fingerprint density at radius 2 is 1.30 bits per heavy atom. The fourth-order valence-electron chi connectivity index (χ4n) is 4.02. The molecule has 37 heavy (non-hydrogen) atoms. The fraction of sp³-hybridized carbons (Fsp3) is 0.267. The van der Waals surface area contributed by atoms with Gasteiger partial charge < -0.3 is 20.7 Å². The van der Waals surface area contributed by atoms with Gasteiger partial charge in [-0.05, 0) is 16.7 Å². The van der Waals surface area contributed by atoms with Crippen molar-refractivity contribution >= 4 is 23.8 Å². The molecule has 0 aliphatic carbocycles. The third kappa shape index (κ3) is 8.51. The molecule has 0 fully saturated rings. The highest BCUT2D eigenvalue weighted by Crippen LogP contribution is 2.48. The zero-order valence-corrected chi connectivity index (χ0v) is 21.8. The smallest absolute Gasteiger partial charge is 0.407 e. The molecule has 0 aliphatic heterocycles. The molecule has 0 radical (unpaired) electrons. The van der Waals surface area contributed by atoms with E-state index in [4.69, 9.17) is 4.74 Å². The van der Waals surface area contributed by atoms with Crippen molar-refractivity contribution in [2.45, 2.75) is 11.2 Å². The predicted molar refractivity (Wildman–Crippen MR) is 152 cm³/mol. The van der Waals surface area contributed by atoms with Gasteiger partial charge in [0.1, 0.15) is 6.61 Å². The molecule has 2 amide bonds. The summed E-state index contributed by atoms with van der Waals surface area (Å²) in [5.41, 5.74) is 3.61. The Kier molecular flexibility index (Phi) is 11.8. The summed E-state index contributed by atoms with van der Waals surface area (Å²) < 4.78 is 4.44. The molecule has 3 aromatic carbocycles. The van der Waals surface area contributed by atoms with Crippen molar-refractivity contribution in [2.75, 3.05) is 38.5 Å². The number of amides is 2. The summed E-state index contributed by atoms with van der Waals surface area (Å²) in [5, 5.41) is 8.82. The Morgan fingerprint density at radius 3 is 1.81 bits per heavy atom. The van der Waals surface area contributed by atoms with Gasteiger partial charge in [-0.2, -0.15) is 0 Å². The van der Waals surface area contributed by atoms with Gasteiger partial charge >= 0.3 is 6.09 Å². The van der Waals surface area contributed by atoms with Crippen LogP contribution in [0.25, 0.3) is 0 Å². The van der Waals surface area contributed by atoms with Crippen molar-refractivity contribution in [1.29, 1.82) is 0 Å². The molecule has 6 nitrogen and oxygen atoms in total. The summed E-state index contributed by atoms with van der Waals surface area (Å²) in [6, 6.07) is 31.6. The maximum atomic E-state index is 12.4. The predicted octanol–water partition coefficient (Wildman–Crippen LogP) is 4.72. The van der Waals surface area contributed by atoms with Crippen molar-refractivity contribution in [2.24, 2.45) is 0 Å². The number of carbonyl (C=O) groups excluding carboxylic acids is 2. The molecule has 0 atom stereocenters. The first kappa shape index (κ1) is 28.0. The Labute approximate surface area is 223 Å². The van der Waals surface area contributed by atoms with Gasteiger partial charge in [0, 0.05) is 38.4 Å². The standard InChI is InChI=1S/C30H35N3O3S/c1-2-23-36-29(35)33-21-20-31-19-18-28(34)32-22-24-37-30(25-12-6-3-7-13-25,26-14-8-4-9-15-26)27-16-10-5-11-17-27/h2-17,31H,1,18-24H2,(H,32,34)(H,33,35). The normalized spacial score (nSPS) is 10.9. The zero-order valence-electron chi connectivity index (χ0n) is 21.0. The summed E-state index contributed by atoms with van der Waals surface area (Å²) in [7, 11) is 0. The molecular weight excluding hydrogens is 482 g/mol. The number of carbonyl (C=O) groups is 2. The third-order valence-corrected chi connectivity index (χ3v) is 7.26. The van der Waals surface area contributed by atoms with Crippen LogP contribution in [0.3, 0.4) is 0 Å². The van der Waals surface area contributed by atoms with Crippen LogP contribution in [-0.2, 0) is 14.3 Å². The van der Waals surface area contributed by atoms with E-state index in [1.165, 1.54) is 22.8 Å². The van der Waals surface area contributed by atoms with Crippen molar-refractivity contribution in [3.63, 3.8) is 0 Å². The first-order chi connectivity index (χ1) is 18.2. The van der Waals surface area contributed by atoms with E-state index in [1.54, 1.807) is 0 Å². The number of thioether (sulfide) groups is 1. The minimum absolute atomic E-state index is 0.00353. The molecule has 3 rings (SSSR count). The number of hydrogen-bond acceptors (Lipinski definition) is 5. The van der Waals surface area contributed by atoms with Crippen LogP contribution in [0.4, 0.5) is 4.79 Å². The zero-order chi connectivity index (χ0) is 26.2. The largest absolute Gasteiger partial charge is 0.445 e. The van der Waals surface area contributed by atoms with E-state index < -0.39 is 10.8 Å². The van der Waals surface area contributed by atoms with E-state index in [2.05, 4.69) is 95.3 Å². The lowest BCUT2D eigenvalue weighted by atomic mass is 9.84. The average Bonchev–Trinajstić information content (AvgIpc) is 2.95. The molecule has 0 aromatic heterocycles. The number of nitrogens with one attached hydrogen (secondary N) is 3. The maximum absolute atomic E-state index is 12.4. The van der Waals surface area contributed by atoms with Crippen LogP contribution in [-0.4, -0.2) is 50.5 Å². The number of ether oxygens (including phenoxy) is 1.